The van der Waals surface area contributed by atoms with E-state index in [2.05, 4.69) is 10.6 Å². The molecule has 2 N–H and O–H groups in total. The van der Waals surface area contributed by atoms with Gasteiger partial charge in [-0.1, -0.05) is 41.9 Å². The van der Waals surface area contributed by atoms with Gasteiger partial charge in [0.15, 0.2) is 5.82 Å². The van der Waals surface area contributed by atoms with Gasteiger partial charge in [0.25, 0.3) is 5.91 Å². The number of hydrogen-bond acceptors (Lipinski definition) is 2. The number of piperidine rings is 2. The first kappa shape index (κ1) is 21.1. The zero-order chi connectivity index (χ0) is 21.5. The van der Waals surface area contributed by atoms with E-state index in [4.69, 9.17) is 11.6 Å². The van der Waals surface area contributed by atoms with Gasteiger partial charge in [-0.25, -0.2) is 4.39 Å². The highest BCUT2D eigenvalue weighted by Gasteiger charge is 2.47. The maximum atomic E-state index is 14.6. The van der Waals surface area contributed by atoms with Crippen LogP contribution >= 0.6 is 11.6 Å². The van der Waals surface area contributed by atoms with Crippen LogP contribution in [0.1, 0.15) is 53.2 Å². The largest absolute Gasteiger partial charge is 0.417 e. The summed E-state index contributed by atoms with van der Waals surface area (Å²) >= 11 is 5.71. The number of halogens is 5. The standard InChI is InChI=1S/C22H21ClF4N2O/c23-16-7-6-15(22(25,26)27)17(18(16)24)20(30)29-19(14-4-2-1-3-5-14)21-10-8-13(9-11-21)12-28-21/h1-7,13,19,28H,8-12H2,(H,29,30). The summed E-state index contributed by atoms with van der Waals surface area (Å²) in [5, 5.41) is 5.69. The Balaban J connectivity index is 1.75. The second-order valence-corrected chi connectivity index (χ2v) is 8.49. The Kier molecular flexibility index (Phi) is 5.53. The fourth-order valence-corrected chi connectivity index (χ4v) is 4.87. The lowest BCUT2D eigenvalue weighted by atomic mass is 9.67. The molecule has 0 spiro atoms. The highest BCUT2D eigenvalue weighted by atomic mass is 35.5. The number of hydrogen-bond donors (Lipinski definition) is 2. The lowest BCUT2D eigenvalue weighted by Crippen LogP contribution is -2.62. The molecule has 8 heteroatoms. The Hall–Kier alpha value is -2.12. The molecule has 1 saturated carbocycles. The molecule has 30 heavy (non-hydrogen) atoms. The topological polar surface area (TPSA) is 41.1 Å². The summed E-state index contributed by atoms with van der Waals surface area (Å²) in [6.07, 6.45) is -1.37. The number of nitrogens with one attached hydrogen (secondary N) is 2. The molecule has 1 aliphatic carbocycles. The molecule has 3 aliphatic rings. The molecule has 2 heterocycles. The molecule has 1 unspecified atom stereocenters. The Bertz CT molecular complexity index is 926. The van der Waals surface area contributed by atoms with Crippen LogP contribution in [0.4, 0.5) is 17.6 Å². The van der Waals surface area contributed by atoms with Crippen LogP contribution in [0.3, 0.4) is 0 Å². The molecule has 160 valence electrons. The van der Waals surface area contributed by atoms with Gasteiger partial charge in [0.05, 0.1) is 22.2 Å². The highest BCUT2D eigenvalue weighted by Crippen LogP contribution is 2.44. The molecule has 2 aromatic rings. The summed E-state index contributed by atoms with van der Waals surface area (Å²) in [6.45, 7) is 0.790. The normalized spacial score (nSPS) is 24.5. The number of amides is 1. The molecule has 0 aromatic heterocycles. The van der Waals surface area contributed by atoms with Crippen LogP contribution in [0.5, 0.6) is 0 Å². The monoisotopic (exact) mass is 440 g/mol. The van der Waals surface area contributed by atoms with Crippen LogP contribution in [-0.4, -0.2) is 18.0 Å². The molecule has 0 radical (unpaired) electrons. The third-order valence-corrected chi connectivity index (χ3v) is 6.62. The third-order valence-electron chi connectivity index (χ3n) is 6.33. The van der Waals surface area contributed by atoms with E-state index in [9.17, 15) is 22.4 Å². The van der Waals surface area contributed by atoms with Gasteiger partial charge in [-0.2, -0.15) is 13.2 Å². The highest BCUT2D eigenvalue weighted by molar-refractivity contribution is 6.31. The maximum Gasteiger partial charge on any atom is 0.417 e. The predicted octanol–water partition coefficient (Wildman–Crippen LogP) is 5.50. The van der Waals surface area contributed by atoms with E-state index in [1.165, 1.54) is 0 Å². The van der Waals surface area contributed by atoms with Crippen molar-refractivity contribution in [3.8, 4) is 0 Å². The van der Waals surface area contributed by atoms with E-state index < -0.39 is 45.6 Å². The number of rotatable bonds is 4. The molecular weight excluding hydrogens is 420 g/mol. The maximum absolute atomic E-state index is 14.6. The minimum atomic E-state index is -4.89. The Labute approximate surface area is 176 Å². The Morgan fingerprint density at radius 1 is 1.13 bits per heavy atom. The van der Waals surface area contributed by atoms with Gasteiger partial charge in [-0.05, 0) is 55.8 Å². The van der Waals surface area contributed by atoms with Crippen molar-refractivity contribution in [3.63, 3.8) is 0 Å². The van der Waals surface area contributed by atoms with Crippen molar-refractivity contribution in [2.45, 2.75) is 43.4 Å². The van der Waals surface area contributed by atoms with Crippen LogP contribution in [0, 0.1) is 11.7 Å². The quantitative estimate of drug-likeness (QED) is 0.616. The van der Waals surface area contributed by atoms with Crippen LogP contribution in [0.2, 0.25) is 5.02 Å². The van der Waals surface area contributed by atoms with Crippen molar-refractivity contribution in [2.24, 2.45) is 5.92 Å². The minimum Gasteiger partial charge on any atom is -0.343 e. The predicted molar refractivity (Wildman–Crippen MR) is 106 cm³/mol. The van der Waals surface area contributed by atoms with Crippen LogP contribution in [0.15, 0.2) is 42.5 Å². The van der Waals surface area contributed by atoms with Crippen molar-refractivity contribution in [3.05, 3.63) is 70.0 Å². The number of fused-ring (bicyclic) bond motifs is 3. The van der Waals surface area contributed by atoms with Gasteiger partial charge >= 0.3 is 6.18 Å². The zero-order valence-electron chi connectivity index (χ0n) is 16.0. The average molecular weight is 441 g/mol. The fourth-order valence-electron chi connectivity index (χ4n) is 4.71. The number of carbonyl (C=O) groups excluding carboxylic acids is 1. The van der Waals surface area contributed by atoms with Gasteiger partial charge in [-0.3, -0.25) is 4.79 Å². The number of benzene rings is 2. The van der Waals surface area contributed by atoms with Crippen LogP contribution in [0.25, 0.3) is 0 Å². The molecule has 1 amide bonds. The summed E-state index contributed by atoms with van der Waals surface area (Å²) in [6, 6.07) is 9.92. The van der Waals surface area contributed by atoms with Crippen molar-refractivity contribution < 1.29 is 22.4 Å². The molecule has 2 saturated heterocycles. The van der Waals surface area contributed by atoms with Crippen molar-refractivity contribution in [1.29, 1.82) is 0 Å². The van der Waals surface area contributed by atoms with E-state index in [1.54, 1.807) is 12.1 Å². The fraction of sp³-hybridized carbons (Fsp3) is 0.409. The van der Waals surface area contributed by atoms with E-state index in [0.717, 1.165) is 43.9 Å². The molecule has 2 aromatic carbocycles. The summed E-state index contributed by atoms with van der Waals surface area (Å²) in [7, 11) is 0. The first-order valence-electron chi connectivity index (χ1n) is 9.87. The second kappa shape index (κ2) is 7.85. The first-order chi connectivity index (χ1) is 14.2. The molecule has 3 nitrogen and oxygen atoms in total. The van der Waals surface area contributed by atoms with Crippen LogP contribution < -0.4 is 10.6 Å². The SMILES string of the molecule is O=C(NC(c1ccccc1)C12CCC(CC1)CN2)c1c(C(F)(F)F)ccc(Cl)c1F. The van der Waals surface area contributed by atoms with Gasteiger partial charge in [0, 0.05) is 5.54 Å². The number of alkyl halides is 3. The molecular formula is C22H21ClF4N2O. The van der Waals surface area contributed by atoms with E-state index in [0.29, 0.717) is 12.0 Å². The lowest BCUT2D eigenvalue weighted by Gasteiger charge is -2.52. The van der Waals surface area contributed by atoms with Gasteiger partial charge < -0.3 is 10.6 Å². The minimum absolute atomic E-state index is 0.487. The van der Waals surface area contributed by atoms with Gasteiger partial charge in [0.1, 0.15) is 0 Å². The molecule has 2 aliphatic heterocycles. The van der Waals surface area contributed by atoms with Crippen LogP contribution in [-0.2, 0) is 6.18 Å². The summed E-state index contributed by atoms with van der Waals surface area (Å²) in [5.41, 5.74) is -2.14. The third kappa shape index (κ3) is 3.81. The van der Waals surface area contributed by atoms with E-state index in [-0.39, 0.29) is 0 Å². The molecule has 5 rings (SSSR count). The van der Waals surface area contributed by atoms with Gasteiger partial charge in [0.2, 0.25) is 0 Å². The number of carbonyl (C=O) groups is 1. The Morgan fingerprint density at radius 2 is 1.80 bits per heavy atom. The van der Waals surface area contributed by atoms with Crippen molar-refractivity contribution in [2.75, 3.05) is 6.54 Å². The van der Waals surface area contributed by atoms with Crippen molar-refractivity contribution in [1.82, 2.24) is 10.6 Å². The average Bonchev–Trinajstić information content (AvgIpc) is 2.74. The molecule has 3 fully saturated rings. The van der Waals surface area contributed by atoms with Crippen molar-refractivity contribution >= 4 is 17.5 Å². The lowest BCUT2D eigenvalue weighted by molar-refractivity contribution is -0.138. The molecule has 2 bridgehead atoms. The second-order valence-electron chi connectivity index (χ2n) is 8.08. The summed E-state index contributed by atoms with van der Waals surface area (Å²) in [4.78, 5) is 13.0. The van der Waals surface area contributed by atoms with E-state index >= 15 is 0 Å². The van der Waals surface area contributed by atoms with E-state index in [1.807, 2.05) is 18.2 Å². The first-order valence-corrected chi connectivity index (χ1v) is 10.2. The Morgan fingerprint density at radius 3 is 2.37 bits per heavy atom. The molecule has 1 atom stereocenters. The smallest absolute Gasteiger partial charge is 0.343 e. The summed E-state index contributed by atoms with van der Waals surface area (Å²) < 4.78 is 55.1. The zero-order valence-corrected chi connectivity index (χ0v) is 16.8. The van der Waals surface area contributed by atoms with Gasteiger partial charge in [-0.15, -0.1) is 0 Å². The summed E-state index contributed by atoms with van der Waals surface area (Å²) in [5.74, 6) is -1.92.